The van der Waals surface area contributed by atoms with Crippen LogP contribution in [0.4, 0.5) is 0 Å². The highest BCUT2D eigenvalue weighted by Crippen LogP contribution is 2.31. The first kappa shape index (κ1) is 49.1. The van der Waals surface area contributed by atoms with Crippen molar-refractivity contribution in [3.05, 3.63) is 0 Å². The molecule has 0 heterocycles. The van der Waals surface area contributed by atoms with Crippen LogP contribution in [0.5, 0.6) is 0 Å². The summed E-state index contributed by atoms with van der Waals surface area (Å²) in [7, 11) is -1.72. The summed E-state index contributed by atoms with van der Waals surface area (Å²) in [5.41, 5.74) is 0. The van der Waals surface area contributed by atoms with Gasteiger partial charge in [-0.1, -0.05) is 252 Å². The molecule has 0 aromatic heterocycles. The van der Waals surface area contributed by atoms with E-state index in [2.05, 4.69) is 27.7 Å². The van der Waals surface area contributed by atoms with Crippen molar-refractivity contribution < 1.29 is 9.16 Å². The third kappa shape index (κ3) is 37.7. The first-order valence-electron chi connectivity index (χ1n) is 23.5. The van der Waals surface area contributed by atoms with Gasteiger partial charge in [0.1, 0.15) is 0 Å². The fourth-order valence-corrected chi connectivity index (χ4v) is 12.3. The maximum atomic E-state index is 7.05. The van der Waals surface area contributed by atoms with Gasteiger partial charge in [0, 0.05) is 6.61 Å². The molecule has 0 aliphatic carbocycles. The van der Waals surface area contributed by atoms with Gasteiger partial charge in [0.05, 0.1) is 13.2 Å². The second-order valence-electron chi connectivity index (χ2n) is 16.1. The molecule has 0 N–H and O–H groups in total. The van der Waals surface area contributed by atoms with E-state index in [4.69, 9.17) is 9.16 Å². The summed E-state index contributed by atoms with van der Waals surface area (Å²) < 4.78 is 12.8. The summed E-state index contributed by atoms with van der Waals surface area (Å²) in [5.74, 6) is 0. The molecule has 3 heteroatoms. The van der Waals surface area contributed by atoms with Crippen LogP contribution in [0.25, 0.3) is 0 Å². The topological polar surface area (TPSA) is 18.5 Å². The largest absolute Gasteiger partial charge is 0.414 e. The lowest BCUT2D eigenvalue weighted by atomic mass is 10.1. The van der Waals surface area contributed by atoms with Crippen LogP contribution in [0.1, 0.15) is 259 Å². The molecule has 0 radical (unpaired) electrons. The highest BCUT2D eigenvalue weighted by atomic mass is 28.4. The zero-order valence-electron chi connectivity index (χ0n) is 35.0. The first-order valence-corrected chi connectivity index (χ1v) is 26.0. The fourth-order valence-electron chi connectivity index (χ4n) is 7.92. The monoisotopic (exact) mass is 709 g/mol. The van der Waals surface area contributed by atoms with Gasteiger partial charge in [-0.3, -0.25) is 0 Å². The lowest BCUT2D eigenvalue weighted by Crippen LogP contribution is -2.39. The van der Waals surface area contributed by atoms with Crippen molar-refractivity contribution >= 4 is 8.32 Å². The van der Waals surface area contributed by atoms with Crippen molar-refractivity contribution in [2.24, 2.45) is 0 Å². The van der Waals surface area contributed by atoms with E-state index < -0.39 is 8.32 Å². The van der Waals surface area contributed by atoms with E-state index in [0.29, 0.717) is 0 Å². The van der Waals surface area contributed by atoms with Crippen LogP contribution in [0.2, 0.25) is 18.1 Å². The minimum atomic E-state index is -1.72. The molecule has 0 aliphatic heterocycles. The highest BCUT2D eigenvalue weighted by Gasteiger charge is 2.33. The molecule has 49 heavy (non-hydrogen) atoms. The summed E-state index contributed by atoms with van der Waals surface area (Å²) >= 11 is 0. The Labute approximate surface area is 313 Å². The normalized spacial score (nSPS) is 12.0. The molecule has 0 aromatic rings. The van der Waals surface area contributed by atoms with Crippen molar-refractivity contribution in [3.8, 4) is 0 Å². The predicted molar refractivity (Wildman–Crippen MR) is 226 cm³/mol. The molecule has 0 fully saturated rings. The van der Waals surface area contributed by atoms with E-state index in [1.165, 1.54) is 249 Å². The van der Waals surface area contributed by atoms with E-state index in [-0.39, 0.29) is 0 Å². The summed E-state index contributed by atoms with van der Waals surface area (Å²) in [6, 6.07) is 4.23. The van der Waals surface area contributed by atoms with Crippen molar-refractivity contribution in [1.29, 1.82) is 0 Å². The Morgan fingerprint density at radius 3 is 0.714 bits per heavy atom. The Hall–Kier alpha value is 0.137. The number of hydrogen-bond acceptors (Lipinski definition) is 2. The van der Waals surface area contributed by atoms with Gasteiger partial charge in [-0.2, -0.15) is 0 Å². The zero-order chi connectivity index (χ0) is 35.6. The SMILES string of the molecule is CCCCCCCCCCCCCC[Si](CCCCCCCCCCCCCC)(CCCCCCCCCCCCCC)OCCOCC. The van der Waals surface area contributed by atoms with Gasteiger partial charge in [0.2, 0.25) is 0 Å². The van der Waals surface area contributed by atoms with Crippen molar-refractivity contribution in [3.63, 3.8) is 0 Å². The number of unbranched alkanes of at least 4 members (excludes halogenated alkanes) is 33. The van der Waals surface area contributed by atoms with Gasteiger partial charge < -0.3 is 9.16 Å². The Balaban J connectivity index is 4.63. The van der Waals surface area contributed by atoms with Crippen LogP contribution in [-0.4, -0.2) is 28.1 Å². The third-order valence-corrected chi connectivity index (χ3v) is 15.9. The Morgan fingerprint density at radius 1 is 0.265 bits per heavy atom. The van der Waals surface area contributed by atoms with Crippen molar-refractivity contribution in [1.82, 2.24) is 0 Å². The molecule has 296 valence electrons. The van der Waals surface area contributed by atoms with Crippen LogP contribution in [0.15, 0.2) is 0 Å². The average molecular weight is 709 g/mol. The number of rotatable bonds is 44. The quantitative estimate of drug-likeness (QED) is 0.0463. The molecule has 0 amide bonds. The molecule has 0 bridgehead atoms. The van der Waals surface area contributed by atoms with Crippen LogP contribution >= 0.6 is 0 Å². The fraction of sp³-hybridized carbons (Fsp3) is 1.00. The Morgan fingerprint density at radius 2 is 0.490 bits per heavy atom. The van der Waals surface area contributed by atoms with Crippen molar-refractivity contribution in [2.45, 2.75) is 277 Å². The van der Waals surface area contributed by atoms with Crippen molar-refractivity contribution in [2.75, 3.05) is 19.8 Å². The van der Waals surface area contributed by atoms with Crippen LogP contribution in [0.3, 0.4) is 0 Å². The van der Waals surface area contributed by atoms with E-state index >= 15 is 0 Å². The van der Waals surface area contributed by atoms with E-state index in [1.54, 1.807) is 0 Å². The molecule has 0 rings (SSSR count). The molecule has 0 unspecified atom stereocenters. The van der Waals surface area contributed by atoms with Gasteiger partial charge >= 0.3 is 0 Å². The van der Waals surface area contributed by atoms with Crippen LogP contribution in [-0.2, 0) is 9.16 Å². The summed E-state index contributed by atoms with van der Waals surface area (Å²) in [6.45, 7) is 11.5. The van der Waals surface area contributed by atoms with Gasteiger partial charge in [0.15, 0.2) is 8.32 Å². The maximum Gasteiger partial charge on any atom is 0.192 e. The first-order chi connectivity index (χ1) is 24.2. The standard InChI is InChI=1S/C46H96O2Si/c1-5-9-12-15-18-21-24-27-30-33-36-39-44-49(48-43-42-47-8-4,45-40-37-34-31-28-25-22-19-16-13-10-6-2)46-41-38-35-32-29-26-23-20-17-14-11-7-3/h5-46H2,1-4H3. The number of hydrogen-bond donors (Lipinski definition) is 0. The molecule has 0 atom stereocenters. The maximum absolute atomic E-state index is 7.05. The summed E-state index contributed by atoms with van der Waals surface area (Å²) in [6.07, 6.45) is 51.8. The van der Waals surface area contributed by atoms with E-state index in [9.17, 15) is 0 Å². The van der Waals surface area contributed by atoms with Gasteiger partial charge in [0.25, 0.3) is 0 Å². The zero-order valence-corrected chi connectivity index (χ0v) is 36.0. The van der Waals surface area contributed by atoms with Crippen LogP contribution in [0, 0.1) is 0 Å². The second-order valence-corrected chi connectivity index (χ2v) is 20.3. The van der Waals surface area contributed by atoms with Gasteiger partial charge in [-0.25, -0.2) is 0 Å². The summed E-state index contributed by atoms with van der Waals surface area (Å²) in [5, 5.41) is 0. The van der Waals surface area contributed by atoms with Crippen LogP contribution < -0.4 is 0 Å². The molecular formula is C46H96O2Si. The lowest BCUT2D eigenvalue weighted by molar-refractivity contribution is 0.105. The molecule has 0 aliphatic rings. The molecule has 0 saturated carbocycles. The second kappa shape index (κ2) is 42.5. The molecule has 0 spiro atoms. The summed E-state index contributed by atoms with van der Waals surface area (Å²) in [4.78, 5) is 0. The average Bonchev–Trinajstić information content (AvgIpc) is 3.11. The highest BCUT2D eigenvalue weighted by molar-refractivity contribution is 6.73. The Kier molecular flexibility index (Phi) is 42.7. The Bertz CT molecular complexity index is 512. The molecular weight excluding hydrogens is 613 g/mol. The predicted octanol–water partition coefficient (Wildman–Crippen LogP) is 17.1. The van der Waals surface area contributed by atoms with E-state index in [1.807, 2.05) is 0 Å². The van der Waals surface area contributed by atoms with E-state index in [0.717, 1.165) is 19.8 Å². The molecule has 2 nitrogen and oxygen atoms in total. The van der Waals surface area contributed by atoms with Gasteiger partial charge in [-0.15, -0.1) is 0 Å². The minimum absolute atomic E-state index is 0.792. The smallest absolute Gasteiger partial charge is 0.192 e. The molecule has 0 aromatic carbocycles. The molecule has 0 saturated heterocycles. The minimum Gasteiger partial charge on any atom is -0.414 e. The number of ether oxygens (including phenoxy) is 1. The van der Waals surface area contributed by atoms with Gasteiger partial charge in [-0.05, 0) is 25.1 Å². The third-order valence-electron chi connectivity index (χ3n) is 11.3. The lowest BCUT2D eigenvalue weighted by Gasteiger charge is -2.32.